The maximum Gasteiger partial charge on any atom is 0.264 e. The van der Waals surface area contributed by atoms with Crippen LogP contribution in [0.2, 0.25) is 10.0 Å². The van der Waals surface area contributed by atoms with Gasteiger partial charge in [-0.15, -0.1) is 0 Å². The third-order valence-electron chi connectivity index (χ3n) is 7.59. The van der Waals surface area contributed by atoms with Gasteiger partial charge in [0.25, 0.3) is 10.0 Å². The van der Waals surface area contributed by atoms with Gasteiger partial charge >= 0.3 is 0 Å². The predicted octanol–water partition coefficient (Wildman–Crippen LogP) is 7.22. The SMILES string of the molecule is Cc1ccc(S(=O)(=O)N(CC(=O)N(Cc2cccc(Cl)c2)[C@H](Cc2ccccc2)C(=O)NCC(C)C)c2cccc(Cl)c2C)cc1. The number of carbonyl (C=O) groups excluding carboxylic acids is 2. The molecule has 4 aromatic carbocycles. The van der Waals surface area contributed by atoms with Gasteiger partial charge in [0.2, 0.25) is 11.8 Å². The molecule has 10 heteroatoms. The Hall–Kier alpha value is -3.85. The molecule has 0 aliphatic heterocycles. The molecule has 0 aromatic heterocycles. The van der Waals surface area contributed by atoms with E-state index in [4.69, 9.17) is 23.2 Å². The predicted molar refractivity (Wildman–Crippen MR) is 186 cm³/mol. The Morgan fingerprint density at radius 2 is 1.48 bits per heavy atom. The normalized spacial score (nSPS) is 12.1. The van der Waals surface area contributed by atoms with Gasteiger partial charge in [-0.3, -0.25) is 13.9 Å². The molecule has 2 amide bonds. The number of anilines is 1. The maximum atomic E-state index is 14.6. The van der Waals surface area contributed by atoms with Crippen LogP contribution in [0.4, 0.5) is 5.69 Å². The second kappa shape index (κ2) is 15.6. The fourth-order valence-corrected chi connectivity index (χ4v) is 6.88. The molecule has 4 aromatic rings. The summed E-state index contributed by atoms with van der Waals surface area (Å²) < 4.78 is 29.6. The number of halogens is 2. The molecule has 7 nitrogen and oxygen atoms in total. The van der Waals surface area contributed by atoms with Crippen LogP contribution in [0.5, 0.6) is 0 Å². The van der Waals surface area contributed by atoms with Crippen LogP contribution < -0.4 is 9.62 Å². The molecule has 0 radical (unpaired) electrons. The zero-order chi connectivity index (χ0) is 33.4. The van der Waals surface area contributed by atoms with Gasteiger partial charge in [0, 0.05) is 29.6 Å². The van der Waals surface area contributed by atoms with Gasteiger partial charge in [0.15, 0.2) is 0 Å². The highest BCUT2D eigenvalue weighted by Crippen LogP contribution is 2.31. The van der Waals surface area contributed by atoms with E-state index < -0.39 is 28.5 Å². The number of rotatable bonds is 13. The maximum absolute atomic E-state index is 14.6. The van der Waals surface area contributed by atoms with Gasteiger partial charge in [-0.05, 0) is 72.9 Å². The standard InChI is InChI=1S/C36H39Cl2N3O4S/c1-25(2)22-39-36(43)34(21-28-10-6-5-7-11-28)40(23-29-12-8-13-30(37)20-29)35(42)24-41(33-15-9-14-32(38)27(33)4)46(44,45)31-18-16-26(3)17-19-31/h5-20,25,34H,21-24H2,1-4H3,(H,39,43)/t34-/m1/s1. The lowest BCUT2D eigenvalue weighted by Gasteiger charge is -2.34. The average molecular weight is 681 g/mol. The number of hydrogen-bond acceptors (Lipinski definition) is 4. The third kappa shape index (κ3) is 8.90. The molecule has 1 atom stereocenters. The molecule has 0 aliphatic carbocycles. The fourth-order valence-electron chi connectivity index (χ4n) is 5.03. The summed E-state index contributed by atoms with van der Waals surface area (Å²) in [6, 6.07) is 26.9. The van der Waals surface area contributed by atoms with Crippen molar-refractivity contribution in [1.29, 1.82) is 0 Å². The van der Waals surface area contributed by atoms with Crippen LogP contribution in [0.15, 0.2) is 102 Å². The van der Waals surface area contributed by atoms with E-state index in [2.05, 4.69) is 5.32 Å². The van der Waals surface area contributed by atoms with Crippen molar-refractivity contribution in [2.75, 3.05) is 17.4 Å². The van der Waals surface area contributed by atoms with Crippen molar-refractivity contribution in [1.82, 2.24) is 10.2 Å². The number of amides is 2. The molecule has 0 unspecified atom stereocenters. The summed E-state index contributed by atoms with van der Waals surface area (Å²) in [5, 5.41) is 3.83. The van der Waals surface area contributed by atoms with Gasteiger partial charge in [0.05, 0.1) is 10.6 Å². The van der Waals surface area contributed by atoms with Gasteiger partial charge in [-0.1, -0.05) is 103 Å². The molecule has 0 bridgehead atoms. The number of aryl methyl sites for hydroxylation is 1. The molecular weight excluding hydrogens is 641 g/mol. The topological polar surface area (TPSA) is 86.8 Å². The van der Waals surface area contributed by atoms with Crippen LogP contribution in [0, 0.1) is 19.8 Å². The van der Waals surface area contributed by atoms with Crippen molar-refractivity contribution >= 4 is 50.7 Å². The van der Waals surface area contributed by atoms with E-state index in [0.717, 1.165) is 15.4 Å². The number of benzene rings is 4. The summed E-state index contributed by atoms with van der Waals surface area (Å²) in [7, 11) is -4.24. The summed E-state index contributed by atoms with van der Waals surface area (Å²) in [5.41, 5.74) is 3.22. The summed E-state index contributed by atoms with van der Waals surface area (Å²) >= 11 is 12.8. The number of nitrogens with zero attached hydrogens (tertiary/aromatic N) is 2. The van der Waals surface area contributed by atoms with Crippen LogP contribution in [0.1, 0.15) is 36.1 Å². The lowest BCUT2D eigenvalue weighted by Crippen LogP contribution is -2.53. The first-order valence-corrected chi connectivity index (χ1v) is 17.3. The Bertz CT molecular complexity index is 1760. The lowest BCUT2D eigenvalue weighted by atomic mass is 10.0. The molecular formula is C36H39Cl2N3O4S. The minimum atomic E-state index is -4.24. The van der Waals surface area contributed by atoms with Crippen molar-refractivity contribution in [2.45, 2.75) is 51.6 Å². The minimum Gasteiger partial charge on any atom is -0.354 e. The zero-order valence-corrected chi connectivity index (χ0v) is 28.7. The monoisotopic (exact) mass is 679 g/mol. The molecule has 0 aliphatic rings. The highest BCUT2D eigenvalue weighted by Gasteiger charge is 2.35. The summed E-state index contributed by atoms with van der Waals surface area (Å²) in [6.07, 6.45) is 0.220. The quantitative estimate of drug-likeness (QED) is 0.162. The van der Waals surface area contributed by atoms with Crippen molar-refractivity contribution in [3.8, 4) is 0 Å². The molecule has 1 N–H and O–H groups in total. The minimum absolute atomic E-state index is 0.0267. The third-order valence-corrected chi connectivity index (χ3v) is 10.0. The summed E-state index contributed by atoms with van der Waals surface area (Å²) in [6.45, 7) is 7.43. The van der Waals surface area contributed by atoms with E-state index in [-0.39, 0.29) is 35.4 Å². The molecule has 4 rings (SSSR count). The van der Waals surface area contributed by atoms with E-state index in [1.165, 1.54) is 17.0 Å². The van der Waals surface area contributed by atoms with E-state index >= 15 is 0 Å². The van der Waals surface area contributed by atoms with Crippen LogP contribution in [0.3, 0.4) is 0 Å². The van der Waals surface area contributed by atoms with Crippen LogP contribution in [-0.2, 0) is 32.6 Å². The summed E-state index contributed by atoms with van der Waals surface area (Å²) in [4.78, 5) is 30.0. The van der Waals surface area contributed by atoms with E-state index in [9.17, 15) is 18.0 Å². The van der Waals surface area contributed by atoms with Crippen molar-refractivity contribution in [3.63, 3.8) is 0 Å². The second-order valence-corrected chi connectivity index (χ2v) is 14.4. The molecule has 0 spiro atoms. The van der Waals surface area contributed by atoms with Gasteiger partial charge < -0.3 is 10.2 Å². The van der Waals surface area contributed by atoms with Gasteiger partial charge in [-0.2, -0.15) is 0 Å². The molecule has 46 heavy (non-hydrogen) atoms. The van der Waals surface area contributed by atoms with E-state index in [0.29, 0.717) is 27.7 Å². The number of sulfonamides is 1. The van der Waals surface area contributed by atoms with E-state index in [1.807, 2.05) is 57.2 Å². The molecule has 0 saturated carbocycles. The van der Waals surface area contributed by atoms with Crippen LogP contribution in [-0.4, -0.2) is 44.3 Å². The zero-order valence-electron chi connectivity index (χ0n) is 26.4. The fraction of sp³-hybridized carbons (Fsp3) is 0.278. The highest BCUT2D eigenvalue weighted by molar-refractivity contribution is 7.92. The number of carbonyl (C=O) groups is 2. The second-order valence-electron chi connectivity index (χ2n) is 11.7. The highest BCUT2D eigenvalue weighted by atomic mass is 35.5. The van der Waals surface area contributed by atoms with Crippen molar-refractivity contribution < 1.29 is 18.0 Å². The van der Waals surface area contributed by atoms with Crippen molar-refractivity contribution in [2.24, 2.45) is 5.92 Å². The molecule has 242 valence electrons. The van der Waals surface area contributed by atoms with Crippen LogP contribution >= 0.6 is 23.2 Å². The molecule has 0 saturated heterocycles. The summed E-state index contributed by atoms with van der Waals surface area (Å²) in [5.74, 6) is -0.713. The Kier molecular flexibility index (Phi) is 11.9. The van der Waals surface area contributed by atoms with Crippen LogP contribution in [0.25, 0.3) is 0 Å². The van der Waals surface area contributed by atoms with E-state index in [1.54, 1.807) is 55.5 Å². The smallest absolute Gasteiger partial charge is 0.264 e. The first-order valence-electron chi connectivity index (χ1n) is 15.1. The Morgan fingerprint density at radius 1 is 0.826 bits per heavy atom. The van der Waals surface area contributed by atoms with Crippen molar-refractivity contribution in [3.05, 3.63) is 129 Å². The average Bonchev–Trinajstić information content (AvgIpc) is 3.02. The first kappa shape index (κ1) is 35.0. The molecule has 0 heterocycles. The Balaban J connectivity index is 1.83. The largest absolute Gasteiger partial charge is 0.354 e. The Labute approximate surface area is 282 Å². The Morgan fingerprint density at radius 3 is 2.13 bits per heavy atom. The molecule has 0 fully saturated rings. The number of hydrogen-bond donors (Lipinski definition) is 1. The van der Waals surface area contributed by atoms with Gasteiger partial charge in [-0.25, -0.2) is 8.42 Å². The number of nitrogens with one attached hydrogen (secondary N) is 1. The first-order chi connectivity index (χ1) is 21.9. The lowest BCUT2D eigenvalue weighted by molar-refractivity contribution is -0.140. The van der Waals surface area contributed by atoms with Gasteiger partial charge in [0.1, 0.15) is 12.6 Å².